The maximum atomic E-state index is 12.9. The molecule has 1 atom stereocenters. The van der Waals surface area contributed by atoms with E-state index in [1.807, 2.05) is 27.0 Å². The van der Waals surface area contributed by atoms with Crippen LogP contribution in [0.15, 0.2) is 65.9 Å². The number of hydrogen-bond acceptors (Lipinski definition) is 28. The molecular weight excluding hydrogens is 1590 g/mol. The average molecular weight is 1690 g/mol. The van der Waals surface area contributed by atoms with Gasteiger partial charge >= 0.3 is 6.18 Å². The number of ether oxygens (including phenoxy) is 4. The third kappa shape index (κ3) is 18.9. The molecule has 6 N–H and O–H groups in total. The standard InChI is InChI=1S/C15H23N3O4.C13H16F3N3O3.C13H19N3O4.C12H15N3O4.C12H17N3O4.C12H15N3O3/c1-10(2)7-17-9-16(5-6-22-4)15(21)12-14(20)13(19)11(3)8-18(12)17;1-4-17-6-18(8(3)13(14,15)16)12(22)9-11(21)10(20)7(2)5-19(9)17;1-4-15-8-14(5-6-20-3)13(19)10-12(18)11(17)9(2)7-16(10)15;1-8-6-13-7-14-2-4-19-5-3-15(14)12(18)9(13)11(17)10(8)16;1-8-6-15-9(11(17)10(8)16)12(18)14(4-5-19-3)7-13(15)2;1-8-6-13-7-14-4-2-3-5-15(14)12(18)9(13)11(17)10(8)16/h8,10,20H,5-7,9H2,1-4H3;5,8,21H,4,6H2,1-3H3;7,18H,4-6,8H2,1-3H3;6,17H,2-5,7H2,1H3;6,17H,4-5,7H2,1-3H3;6,17H,2-5,7H2,1H3/t;8-;;;;/m.1..../s1. The first-order valence-corrected chi connectivity index (χ1v) is 38.7. The van der Waals surface area contributed by atoms with Crippen molar-refractivity contribution in [2.45, 2.75) is 115 Å². The number of aromatic hydroxyl groups is 6. The molecule has 2 saturated heterocycles. The molecule has 6 aromatic rings. The Balaban J connectivity index is 0.000000164. The van der Waals surface area contributed by atoms with E-state index < -0.39 is 90.9 Å². The number of hydrazine groups is 2. The minimum Gasteiger partial charge on any atom is -0.503 e. The van der Waals surface area contributed by atoms with Gasteiger partial charge < -0.3 is 78.3 Å². The summed E-state index contributed by atoms with van der Waals surface area (Å²) in [7, 11) is 6.46. The van der Waals surface area contributed by atoms with Crippen LogP contribution in [0.3, 0.4) is 0 Å². The lowest BCUT2D eigenvalue weighted by Crippen LogP contribution is -2.59. The number of hydrogen-bond donors (Lipinski definition) is 6. The maximum absolute atomic E-state index is 12.9. The molecule has 14 rings (SSSR count). The Morgan fingerprint density at radius 2 is 0.725 bits per heavy atom. The minimum absolute atomic E-state index is 0.000420. The molecular formula is C77H105F3N18O22. The Bertz CT molecular complexity index is 5270. The summed E-state index contributed by atoms with van der Waals surface area (Å²) >= 11 is 0. The van der Waals surface area contributed by atoms with Crippen molar-refractivity contribution in [1.29, 1.82) is 0 Å². The number of aromatic nitrogens is 6. The number of nitrogens with zero attached hydrogens (tertiary/aromatic N) is 18. The van der Waals surface area contributed by atoms with Gasteiger partial charge in [0.25, 0.3) is 35.4 Å². The maximum Gasteiger partial charge on any atom is 0.408 e. The van der Waals surface area contributed by atoms with Crippen LogP contribution in [0.4, 0.5) is 13.2 Å². The first-order chi connectivity index (χ1) is 56.6. The highest BCUT2D eigenvalue weighted by molar-refractivity contribution is 5.99. The number of halogens is 3. The predicted octanol–water partition coefficient (Wildman–Crippen LogP) is 0.879. The number of methoxy groups -OCH3 is 3. The summed E-state index contributed by atoms with van der Waals surface area (Å²) in [6.45, 7) is 27.6. The third-order valence-electron chi connectivity index (χ3n) is 20.9. The van der Waals surface area contributed by atoms with Crippen molar-refractivity contribution in [3.8, 4) is 34.5 Å². The summed E-state index contributed by atoms with van der Waals surface area (Å²) in [6, 6.07) is -2.03. The van der Waals surface area contributed by atoms with Gasteiger partial charge in [-0.05, 0) is 81.1 Å². The van der Waals surface area contributed by atoms with Crippen LogP contribution in [0.5, 0.6) is 34.5 Å². The van der Waals surface area contributed by atoms with Crippen LogP contribution in [0.25, 0.3) is 0 Å². The lowest BCUT2D eigenvalue weighted by molar-refractivity contribution is -0.173. The van der Waals surface area contributed by atoms with E-state index in [9.17, 15) is 101 Å². The number of amides is 6. The SMILES string of the molecule is CCN1CN(CCOC)C(=O)c2c(O)c(=O)c(C)cn21.CCN1CN([C@H](C)C(F)(F)F)C(=O)c2c(O)c(=O)c(C)cn21.COCCN1CN(C)n2cc(C)c(=O)c(O)c2C1=O.COCCN1CN(CC(C)C)n2cc(C)c(=O)c(O)c2C1=O.Cc1cn2c(c(O)c1=O)C(=O)N1CCCCN1C2.Cc1cn2c(c(O)c1=O)C(=O)N1CCOCCN1C2. The lowest BCUT2D eigenvalue weighted by Gasteiger charge is -2.43. The normalized spacial score (nSPS) is 16.6. The van der Waals surface area contributed by atoms with Crippen molar-refractivity contribution in [3.63, 3.8) is 0 Å². The summed E-state index contributed by atoms with van der Waals surface area (Å²) in [5, 5.41) is 73.8. The van der Waals surface area contributed by atoms with E-state index in [4.69, 9.17) is 18.9 Å². The second kappa shape index (κ2) is 38.4. The molecule has 2 fully saturated rings. The topological polar surface area (TPSA) is 432 Å². The van der Waals surface area contributed by atoms with E-state index in [1.54, 1.807) is 139 Å². The number of alkyl halides is 3. The highest BCUT2D eigenvalue weighted by Crippen LogP contribution is 2.32. The molecule has 656 valence electrons. The van der Waals surface area contributed by atoms with Crippen LogP contribution >= 0.6 is 0 Å². The van der Waals surface area contributed by atoms with Crippen molar-refractivity contribution in [3.05, 3.63) is 166 Å². The molecule has 14 heterocycles. The zero-order chi connectivity index (χ0) is 88.7. The number of carbonyl (C=O) groups is 6. The molecule has 0 unspecified atom stereocenters. The highest BCUT2D eigenvalue weighted by Gasteiger charge is 2.47. The molecule has 0 saturated carbocycles. The molecule has 6 aromatic heterocycles. The highest BCUT2D eigenvalue weighted by atomic mass is 19.4. The van der Waals surface area contributed by atoms with Gasteiger partial charge in [0, 0.05) is 158 Å². The van der Waals surface area contributed by atoms with Crippen LogP contribution in [-0.2, 0) is 32.3 Å². The van der Waals surface area contributed by atoms with Gasteiger partial charge in [-0.3, -0.25) is 106 Å². The van der Waals surface area contributed by atoms with E-state index in [1.165, 1.54) is 37.4 Å². The van der Waals surface area contributed by atoms with E-state index in [2.05, 4.69) is 13.8 Å². The number of rotatable bonds is 14. The van der Waals surface area contributed by atoms with Crippen LogP contribution < -0.4 is 52.6 Å². The molecule has 8 aliphatic rings. The fourth-order valence-corrected chi connectivity index (χ4v) is 14.3. The second-order valence-corrected chi connectivity index (χ2v) is 29.9. The zero-order valence-electron chi connectivity index (χ0n) is 69.8. The summed E-state index contributed by atoms with van der Waals surface area (Å²) in [4.78, 5) is 150. The summed E-state index contributed by atoms with van der Waals surface area (Å²) in [5.74, 6) is -5.58. The third-order valence-corrected chi connectivity index (χ3v) is 20.9. The van der Waals surface area contributed by atoms with Gasteiger partial charge in [-0.15, -0.1) is 0 Å². The van der Waals surface area contributed by atoms with E-state index >= 15 is 0 Å². The Morgan fingerprint density at radius 3 is 1.12 bits per heavy atom. The van der Waals surface area contributed by atoms with Crippen LogP contribution in [-0.4, -0.2) is 299 Å². The molecule has 120 heavy (non-hydrogen) atoms. The lowest BCUT2D eigenvalue weighted by atomic mass is 10.1. The second-order valence-electron chi connectivity index (χ2n) is 29.9. The quantitative estimate of drug-likeness (QED) is 0.0881. The van der Waals surface area contributed by atoms with Crippen molar-refractivity contribution in [2.75, 3.05) is 174 Å². The molecule has 40 nitrogen and oxygen atoms in total. The molecule has 0 radical (unpaired) electrons. The van der Waals surface area contributed by atoms with Crippen molar-refractivity contribution < 1.29 is 91.5 Å². The van der Waals surface area contributed by atoms with E-state index in [-0.39, 0.29) is 70.2 Å². The van der Waals surface area contributed by atoms with Crippen LogP contribution in [0.1, 0.15) is 144 Å². The smallest absolute Gasteiger partial charge is 0.408 e. The Kier molecular flexibility index (Phi) is 29.4. The van der Waals surface area contributed by atoms with Crippen molar-refractivity contribution in [2.24, 2.45) is 5.92 Å². The fraction of sp³-hybridized carbons (Fsp3) is 0.532. The van der Waals surface area contributed by atoms with Gasteiger partial charge in [-0.1, -0.05) is 13.8 Å². The number of carbonyl (C=O) groups excluding carboxylic acids is 6. The molecule has 6 amide bonds. The Labute approximate surface area is 686 Å². The van der Waals surface area contributed by atoms with Gasteiger partial charge in [0.2, 0.25) is 32.6 Å². The minimum atomic E-state index is -4.60. The molecule has 8 aliphatic heterocycles. The number of fused-ring (bicyclic) bond motifs is 8. The first-order valence-electron chi connectivity index (χ1n) is 38.7. The number of aryl methyl sites for hydroxylation is 6. The van der Waals surface area contributed by atoms with Gasteiger partial charge in [0.1, 0.15) is 32.7 Å². The summed E-state index contributed by atoms with van der Waals surface area (Å²) in [6.07, 6.45) is 6.77. The average Bonchev–Trinajstić information content (AvgIpc) is 1.52. The van der Waals surface area contributed by atoms with Gasteiger partial charge in [0.05, 0.1) is 52.9 Å². The van der Waals surface area contributed by atoms with Gasteiger partial charge in [-0.25, -0.2) is 0 Å². The molecule has 43 heteroatoms. The van der Waals surface area contributed by atoms with E-state index in [0.29, 0.717) is 164 Å². The molecule has 0 aliphatic carbocycles. The summed E-state index contributed by atoms with van der Waals surface area (Å²) < 4.78 is 68.3. The van der Waals surface area contributed by atoms with Gasteiger partial charge in [-0.2, -0.15) is 23.2 Å². The zero-order valence-corrected chi connectivity index (χ0v) is 69.8. The molecule has 0 aromatic carbocycles. The van der Waals surface area contributed by atoms with Crippen molar-refractivity contribution >= 4 is 35.4 Å². The van der Waals surface area contributed by atoms with Gasteiger partial charge in [0.15, 0.2) is 68.7 Å². The number of pyridine rings is 6. The van der Waals surface area contributed by atoms with Crippen LogP contribution in [0, 0.1) is 47.5 Å². The van der Waals surface area contributed by atoms with E-state index in [0.717, 1.165) is 26.3 Å². The Hall–Kier alpha value is -11.9. The molecule has 0 bridgehead atoms. The summed E-state index contributed by atoms with van der Waals surface area (Å²) in [5.41, 5.74) is -1.17. The van der Waals surface area contributed by atoms with Crippen LogP contribution in [0.2, 0.25) is 0 Å². The predicted molar refractivity (Wildman–Crippen MR) is 428 cm³/mol. The first kappa shape index (κ1) is 92.0. The van der Waals surface area contributed by atoms with Crippen molar-refractivity contribution in [1.82, 2.24) is 67.5 Å². The Morgan fingerprint density at radius 1 is 0.400 bits per heavy atom. The molecule has 0 spiro atoms. The monoisotopic (exact) mass is 1690 g/mol. The fourth-order valence-electron chi connectivity index (χ4n) is 14.3. The largest absolute Gasteiger partial charge is 0.503 e.